The minimum absolute atomic E-state index is 0.0597. The van der Waals surface area contributed by atoms with Gasteiger partial charge in [-0.2, -0.15) is 0 Å². The molecule has 1 heterocycles. The molecule has 5 atom stereocenters. The lowest BCUT2D eigenvalue weighted by atomic mass is 9.99. The van der Waals surface area contributed by atoms with Gasteiger partial charge in [-0.1, -0.05) is 30.3 Å². The number of carbonyl (C=O) groups is 1. The molecular formula is C17H18O8. The van der Waals surface area contributed by atoms with Gasteiger partial charge in [0.2, 0.25) is 6.29 Å². The third-order valence-corrected chi connectivity index (χ3v) is 4.20. The van der Waals surface area contributed by atoms with E-state index in [-0.39, 0.29) is 11.3 Å². The maximum Gasteiger partial charge on any atom is 0.340 e. The molecule has 0 unspecified atom stereocenters. The first-order chi connectivity index (χ1) is 11.9. The van der Waals surface area contributed by atoms with Crippen LogP contribution >= 0.6 is 0 Å². The zero-order valence-corrected chi connectivity index (χ0v) is 13.0. The van der Waals surface area contributed by atoms with E-state index in [0.29, 0.717) is 10.8 Å². The van der Waals surface area contributed by atoms with Crippen molar-refractivity contribution in [3.05, 3.63) is 42.0 Å². The number of carboxylic acids is 1. The number of aliphatic hydroxyl groups excluding tert-OH is 4. The average Bonchev–Trinajstić information content (AvgIpc) is 2.61. The molecule has 0 bridgehead atoms. The van der Waals surface area contributed by atoms with Gasteiger partial charge in [-0.05, 0) is 16.8 Å². The lowest BCUT2D eigenvalue weighted by Gasteiger charge is -2.39. The fourth-order valence-corrected chi connectivity index (χ4v) is 2.86. The predicted molar refractivity (Wildman–Crippen MR) is 85.3 cm³/mol. The Kier molecular flexibility index (Phi) is 4.89. The van der Waals surface area contributed by atoms with E-state index in [2.05, 4.69) is 0 Å². The first-order valence-electron chi connectivity index (χ1n) is 7.66. The molecule has 134 valence electrons. The van der Waals surface area contributed by atoms with E-state index in [1.54, 1.807) is 30.3 Å². The number of ether oxygens (including phenoxy) is 2. The highest BCUT2D eigenvalue weighted by Crippen LogP contribution is 2.31. The highest BCUT2D eigenvalue weighted by Gasteiger charge is 2.45. The van der Waals surface area contributed by atoms with Crippen LogP contribution in [0.25, 0.3) is 10.8 Å². The second-order valence-electron chi connectivity index (χ2n) is 5.78. The van der Waals surface area contributed by atoms with Crippen molar-refractivity contribution in [2.45, 2.75) is 30.7 Å². The van der Waals surface area contributed by atoms with E-state index >= 15 is 0 Å². The van der Waals surface area contributed by atoms with Crippen molar-refractivity contribution in [3.63, 3.8) is 0 Å². The highest BCUT2D eigenvalue weighted by atomic mass is 16.7. The maximum atomic E-state index is 11.7. The van der Waals surface area contributed by atoms with Crippen molar-refractivity contribution in [2.24, 2.45) is 0 Å². The zero-order chi connectivity index (χ0) is 18.1. The van der Waals surface area contributed by atoms with Gasteiger partial charge in [-0.25, -0.2) is 4.79 Å². The van der Waals surface area contributed by atoms with Gasteiger partial charge >= 0.3 is 5.97 Å². The number of benzene rings is 2. The molecule has 0 aliphatic carbocycles. The van der Waals surface area contributed by atoms with E-state index in [4.69, 9.17) is 9.47 Å². The molecule has 1 saturated heterocycles. The fourth-order valence-electron chi connectivity index (χ4n) is 2.86. The second kappa shape index (κ2) is 6.95. The lowest BCUT2D eigenvalue weighted by molar-refractivity contribution is -0.277. The molecule has 0 aromatic heterocycles. The third kappa shape index (κ3) is 3.17. The fraction of sp³-hybridized carbons (Fsp3) is 0.353. The van der Waals surface area contributed by atoms with Crippen LogP contribution in [0.4, 0.5) is 0 Å². The average molecular weight is 350 g/mol. The number of aromatic carboxylic acids is 1. The van der Waals surface area contributed by atoms with Gasteiger partial charge in [0.05, 0.1) is 6.61 Å². The summed E-state index contributed by atoms with van der Waals surface area (Å²) in [7, 11) is 0. The summed E-state index contributed by atoms with van der Waals surface area (Å²) in [5.41, 5.74) is -0.116. The molecule has 8 nitrogen and oxygen atoms in total. The third-order valence-electron chi connectivity index (χ3n) is 4.20. The van der Waals surface area contributed by atoms with Crippen LogP contribution in [-0.4, -0.2) is 68.8 Å². The maximum absolute atomic E-state index is 11.7. The summed E-state index contributed by atoms with van der Waals surface area (Å²) in [6, 6.07) is 9.91. The van der Waals surface area contributed by atoms with Gasteiger partial charge < -0.3 is 35.0 Å². The Morgan fingerprint density at radius 2 is 1.76 bits per heavy atom. The van der Waals surface area contributed by atoms with Gasteiger partial charge in [-0.15, -0.1) is 0 Å². The van der Waals surface area contributed by atoms with Crippen molar-refractivity contribution >= 4 is 16.7 Å². The van der Waals surface area contributed by atoms with Gasteiger partial charge in [-0.3, -0.25) is 0 Å². The molecular weight excluding hydrogens is 332 g/mol. The van der Waals surface area contributed by atoms with Crippen LogP contribution in [0.3, 0.4) is 0 Å². The molecule has 1 aliphatic heterocycles. The Hall–Kier alpha value is -2.23. The summed E-state index contributed by atoms with van der Waals surface area (Å²) >= 11 is 0. The minimum atomic E-state index is -1.62. The smallest absolute Gasteiger partial charge is 0.340 e. The highest BCUT2D eigenvalue weighted by molar-refractivity contribution is 6.06. The molecule has 25 heavy (non-hydrogen) atoms. The number of carboxylic acid groups (broad SMARTS) is 1. The molecule has 8 heteroatoms. The van der Waals surface area contributed by atoms with Crippen LogP contribution in [0, 0.1) is 0 Å². The van der Waals surface area contributed by atoms with Crippen molar-refractivity contribution in [1.29, 1.82) is 0 Å². The number of fused-ring (bicyclic) bond motifs is 1. The molecule has 2 aromatic rings. The quantitative estimate of drug-likeness (QED) is 0.508. The number of rotatable bonds is 4. The largest absolute Gasteiger partial charge is 0.478 e. The summed E-state index contributed by atoms with van der Waals surface area (Å²) in [4.78, 5) is 11.7. The standard InChI is InChI=1S/C17H18O8/c18-7-11-13(19)14(20)15(21)17(25-11)24-10-6-5-8-3-1-2-4-9(8)12(10)16(22)23/h1-6,11,13-15,17-21H,7H2,(H,22,23)/t11-,13-,14+,15-,17-/m1/s1. The summed E-state index contributed by atoms with van der Waals surface area (Å²) in [5, 5.41) is 49.5. The van der Waals surface area contributed by atoms with Gasteiger partial charge in [0, 0.05) is 0 Å². The van der Waals surface area contributed by atoms with Crippen LogP contribution in [-0.2, 0) is 4.74 Å². The number of aliphatic hydroxyl groups is 4. The van der Waals surface area contributed by atoms with Crippen LogP contribution in [0.2, 0.25) is 0 Å². The van der Waals surface area contributed by atoms with Gasteiger partial charge in [0.15, 0.2) is 0 Å². The molecule has 3 rings (SSSR count). The van der Waals surface area contributed by atoms with E-state index in [1.807, 2.05) is 0 Å². The lowest BCUT2D eigenvalue weighted by Crippen LogP contribution is -2.60. The zero-order valence-electron chi connectivity index (χ0n) is 13.0. The SMILES string of the molecule is O=C(O)c1c(O[C@@H]2O[C@H](CO)[C@@H](O)[C@H](O)[C@H]2O)ccc2ccccc12. The van der Waals surface area contributed by atoms with Crippen molar-refractivity contribution < 1.29 is 39.8 Å². The molecule has 1 aliphatic rings. The molecule has 2 aromatic carbocycles. The van der Waals surface area contributed by atoms with Crippen molar-refractivity contribution in [1.82, 2.24) is 0 Å². The van der Waals surface area contributed by atoms with E-state index < -0.39 is 43.3 Å². The number of hydrogen-bond acceptors (Lipinski definition) is 7. The summed E-state index contributed by atoms with van der Waals surface area (Å²) in [6.07, 6.45) is -7.34. The van der Waals surface area contributed by atoms with E-state index in [0.717, 1.165) is 0 Å². The van der Waals surface area contributed by atoms with Gasteiger partial charge in [0.25, 0.3) is 0 Å². The normalized spacial score (nSPS) is 29.5. The Morgan fingerprint density at radius 3 is 2.44 bits per heavy atom. The predicted octanol–water partition coefficient (Wildman–Crippen LogP) is -0.283. The van der Waals surface area contributed by atoms with Crippen LogP contribution < -0.4 is 4.74 Å². The van der Waals surface area contributed by atoms with Gasteiger partial charge in [0.1, 0.15) is 35.7 Å². The molecule has 1 fully saturated rings. The Balaban J connectivity index is 1.97. The van der Waals surface area contributed by atoms with Crippen LogP contribution in [0.15, 0.2) is 36.4 Å². The molecule has 0 saturated carbocycles. The summed E-state index contributed by atoms with van der Waals surface area (Å²) in [6.45, 7) is -0.603. The Labute approximate surface area is 142 Å². The molecule has 5 N–H and O–H groups in total. The van der Waals surface area contributed by atoms with E-state index in [1.165, 1.54) is 6.07 Å². The van der Waals surface area contributed by atoms with Crippen LogP contribution in [0.1, 0.15) is 10.4 Å². The first-order valence-corrected chi connectivity index (χ1v) is 7.66. The Morgan fingerprint density at radius 1 is 1.04 bits per heavy atom. The second-order valence-corrected chi connectivity index (χ2v) is 5.78. The minimum Gasteiger partial charge on any atom is -0.478 e. The van der Waals surface area contributed by atoms with Crippen LogP contribution in [0.5, 0.6) is 5.75 Å². The molecule has 0 amide bonds. The van der Waals surface area contributed by atoms with Crippen molar-refractivity contribution in [3.8, 4) is 5.75 Å². The topological polar surface area (TPSA) is 137 Å². The summed E-state index contributed by atoms with van der Waals surface area (Å²) in [5.74, 6) is -1.29. The van der Waals surface area contributed by atoms with E-state index in [9.17, 15) is 30.3 Å². The van der Waals surface area contributed by atoms with Crippen molar-refractivity contribution in [2.75, 3.05) is 6.61 Å². The molecule has 0 radical (unpaired) electrons. The number of hydrogen-bond donors (Lipinski definition) is 5. The molecule has 0 spiro atoms. The first kappa shape index (κ1) is 17.6. The summed E-state index contributed by atoms with van der Waals surface area (Å²) < 4.78 is 10.7. The Bertz CT molecular complexity index is 774. The monoisotopic (exact) mass is 350 g/mol.